The molecular formula is C18H19Cl2FN4O3. The van der Waals surface area contributed by atoms with E-state index in [1.807, 2.05) is 0 Å². The molecule has 1 aromatic heterocycles. The molecule has 3 N–H and O–H groups in total. The molecule has 1 fully saturated rings. The Labute approximate surface area is 171 Å². The van der Waals surface area contributed by atoms with Crippen LogP contribution in [0.2, 0.25) is 10.0 Å². The Morgan fingerprint density at radius 1 is 1.21 bits per heavy atom. The summed E-state index contributed by atoms with van der Waals surface area (Å²) in [4.78, 5) is 8.35. The predicted octanol–water partition coefficient (Wildman–Crippen LogP) is 3.41. The summed E-state index contributed by atoms with van der Waals surface area (Å²) in [6.45, 7) is 0.963. The second kappa shape index (κ2) is 8.91. The smallest absolute Gasteiger partial charge is 0.222 e. The highest BCUT2D eigenvalue weighted by Crippen LogP contribution is 2.44. The van der Waals surface area contributed by atoms with E-state index in [1.54, 1.807) is 0 Å². The Morgan fingerprint density at radius 2 is 1.82 bits per heavy atom. The lowest BCUT2D eigenvalue weighted by Crippen LogP contribution is -2.39. The van der Waals surface area contributed by atoms with Crippen molar-refractivity contribution < 1.29 is 18.6 Å². The molecular weight excluding hydrogens is 410 g/mol. The summed E-state index contributed by atoms with van der Waals surface area (Å²) in [6, 6.07) is 1.29. The molecule has 0 saturated carbocycles. The SMILES string of the molecule is COc1cc(OC)c(Cl)c(/C(F)=C/c2cnc(N[C@@H]3COCC3N)nc2)c1Cl. The fourth-order valence-corrected chi connectivity index (χ4v) is 3.37. The van der Waals surface area contributed by atoms with Crippen molar-refractivity contribution in [1.82, 2.24) is 9.97 Å². The van der Waals surface area contributed by atoms with E-state index < -0.39 is 5.83 Å². The van der Waals surface area contributed by atoms with E-state index in [1.165, 1.54) is 38.8 Å². The van der Waals surface area contributed by atoms with Gasteiger partial charge in [-0.1, -0.05) is 23.2 Å². The molecule has 28 heavy (non-hydrogen) atoms. The van der Waals surface area contributed by atoms with E-state index in [2.05, 4.69) is 15.3 Å². The quantitative estimate of drug-likeness (QED) is 0.727. The summed E-state index contributed by atoms with van der Waals surface area (Å²) in [5.41, 5.74) is 6.30. The molecule has 1 unspecified atom stereocenters. The Balaban J connectivity index is 1.85. The number of anilines is 1. The Hall–Kier alpha value is -2.13. The number of rotatable bonds is 6. The number of halogens is 3. The van der Waals surface area contributed by atoms with E-state index >= 15 is 0 Å². The minimum absolute atomic E-state index is 0.0317. The van der Waals surface area contributed by atoms with Gasteiger partial charge < -0.3 is 25.3 Å². The molecule has 2 atom stereocenters. The molecule has 7 nitrogen and oxygen atoms in total. The monoisotopic (exact) mass is 428 g/mol. The third-order valence-electron chi connectivity index (χ3n) is 4.22. The average Bonchev–Trinajstić information content (AvgIpc) is 3.08. The summed E-state index contributed by atoms with van der Waals surface area (Å²) < 4.78 is 30.5. The number of ether oxygens (including phenoxy) is 3. The number of methoxy groups -OCH3 is 2. The molecule has 2 heterocycles. The zero-order chi connectivity index (χ0) is 20.3. The molecule has 0 amide bonds. The van der Waals surface area contributed by atoms with Crippen molar-refractivity contribution in [2.24, 2.45) is 5.73 Å². The van der Waals surface area contributed by atoms with Crippen LogP contribution in [0.3, 0.4) is 0 Å². The Morgan fingerprint density at radius 3 is 2.32 bits per heavy atom. The van der Waals surface area contributed by atoms with Crippen molar-refractivity contribution >= 4 is 41.1 Å². The molecule has 3 rings (SSSR count). The Bertz CT molecular complexity index is 852. The maximum absolute atomic E-state index is 14.9. The van der Waals surface area contributed by atoms with Gasteiger partial charge in [0.2, 0.25) is 5.95 Å². The number of hydrogen-bond donors (Lipinski definition) is 2. The van der Waals surface area contributed by atoms with Gasteiger partial charge in [0.05, 0.1) is 55.1 Å². The number of nitrogens with one attached hydrogen (secondary N) is 1. The normalized spacial score (nSPS) is 19.6. The number of aromatic nitrogens is 2. The third kappa shape index (κ3) is 4.30. The second-order valence-corrected chi connectivity index (χ2v) is 6.82. The summed E-state index contributed by atoms with van der Waals surface area (Å²) in [5, 5.41) is 3.17. The number of nitrogens with zero attached hydrogens (tertiary/aromatic N) is 2. The van der Waals surface area contributed by atoms with Crippen LogP contribution in [0, 0.1) is 0 Å². The van der Waals surface area contributed by atoms with Gasteiger partial charge in [-0.05, 0) is 6.08 Å². The number of benzene rings is 1. The molecule has 0 radical (unpaired) electrons. The molecule has 1 aliphatic heterocycles. The summed E-state index contributed by atoms with van der Waals surface area (Å²) in [7, 11) is 2.83. The second-order valence-electron chi connectivity index (χ2n) is 6.07. The van der Waals surface area contributed by atoms with Crippen LogP contribution < -0.4 is 20.5 Å². The first kappa shape index (κ1) is 20.6. The van der Waals surface area contributed by atoms with E-state index in [0.717, 1.165) is 0 Å². The van der Waals surface area contributed by atoms with Gasteiger partial charge in [-0.25, -0.2) is 14.4 Å². The zero-order valence-corrected chi connectivity index (χ0v) is 16.7. The van der Waals surface area contributed by atoms with E-state index in [4.69, 9.17) is 43.1 Å². The van der Waals surface area contributed by atoms with Crippen LogP contribution >= 0.6 is 23.2 Å². The average molecular weight is 429 g/mol. The largest absolute Gasteiger partial charge is 0.495 e. The fourth-order valence-electron chi connectivity index (χ4n) is 2.69. The molecule has 2 aromatic rings. The maximum Gasteiger partial charge on any atom is 0.222 e. The minimum Gasteiger partial charge on any atom is -0.495 e. The minimum atomic E-state index is -0.678. The van der Waals surface area contributed by atoms with Gasteiger partial charge in [0.25, 0.3) is 0 Å². The molecule has 10 heteroatoms. The van der Waals surface area contributed by atoms with Crippen LogP contribution in [0.15, 0.2) is 18.5 Å². The van der Waals surface area contributed by atoms with Crippen molar-refractivity contribution in [1.29, 1.82) is 0 Å². The fraction of sp³-hybridized carbons (Fsp3) is 0.333. The van der Waals surface area contributed by atoms with Crippen LogP contribution in [0.5, 0.6) is 11.5 Å². The van der Waals surface area contributed by atoms with Crippen LogP contribution in [0.1, 0.15) is 11.1 Å². The molecule has 150 valence electrons. The van der Waals surface area contributed by atoms with Crippen molar-refractivity contribution in [3.05, 3.63) is 39.6 Å². The summed E-state index contributed by atoms with van der Waals surface area (Å²) in [6.07, 6.45) is 4.16. The Kier molecular flexibility index (Phi) is 6.56. The van der Waals surface area contributed by atoms with Crippen LogP contribution in [-0.4, -0.2) is 49.5 Å². The van der Waals surface area contributed by atoms with Gasteiger partial charge in [0.1, 0.15) is 17.3 Å². The van der Waals surface area contributed by atoms with E-state index in [9.17, 15) is 4.39 Å². The molecule has 1 saturated heterocycles. The molecule has 1 aromatic carbocycles. The zero-order valence-electron chi connectivity index (χ0n) is 15.2. The highest BCUT2D eigenvalue weighted by Gasteiger charge is 2.25. The predicted molar refractivity (Wildman–Crippen MR) is 107 cm³/mol. The van der Waals surface area contributed by atoms with E-state index in [-0.39, 0.29) is 39.2 Å². The van der Waals surface area contributed by atoms with Gasteiger partial charge in [-0.15, -0.1) is 0 Å². The van der Waals surface area contributed by atoms with Crippen molar-refractivity contribution in [3.63, 3.8) is 0 Å². The summed E-state index contributed by atoms with van der Waals surface area (Å²) >= 11 is 12.5. The van der Waals surface area contributed by atoms with Crippen LogP contribution in [-0.2, 0) is 4.74 Å². The third-order valence-corrected chi connectivity index (χ3v) is 4.97. The standard InChI is InChI=1S/C18H19Cl2FN4O3/c1-26-13-4-14(27-2)17(20)15(16(13)19)10(21)3-9-5-23-18(24-6-9)25-12-8-28-7-11(12)22/h3-6,11-12H,7-8,22H2,1-2H3,(H,23,24,25)/b10-3-/t11?,12-/m1/s1. The van der Waals surface area contributed by atoms with Crippen LogP contribution in [0.25, 0.3) is 11.9 Å². The van der Waals surface area contributed by atoms with E-state index in [0.29, 0.717) is 24.7 Å². The van der Waals surface area contributed by atoms with Gasteiger partial charge in [0, 0.05) is 24.0 Å². The van der Waals surface area contributed by atoms with Gasteiger partial charge >= 0.3 is 0 Å². The first-order chi connectivity index (χ1) is 13.4. The lowest BCUT2D eigenvalue weighted by Gasteiger charge is -2.15. The first-order valence-corrected chi connectivity index (χ1v) is 9.09. The number of hydrogen-bond acceptors (Lipinski definition) is 7. The van der Waals surface area contributed by atoms with Crippen molar-refractivity contribution in [2.75, 3.05) is 32.8 Å². The molecule has 0 aliphatic carbocycles. The molecule has 0 spiro atoms. The molecule has 0 bridgehead atoms. The first-order valence-electron chi connectivity index (χ1n) is 8.34. The van der Waals surface area contributed by atoms with Crippen LogP contribution in [0.4, 0.5) is 10.3 Å². The maximum atomic E-state index is 14.9. The topological polar surface area (TPSA) is 91.5 Å². The van der Waals surface area contributed by atoms with Crippen molar-refractivity contribution in [3.8, 4) is 11.5 Å². The van der Waals surface area contributed by atoms with Gasteiger partial charge in [-0.2, -0.15) is 0 Å². The highest BCUT2D eigenvalue weighted by molar-refractivity contribution is 6.39. The van der Waals surface area contributed by atoms with Crippen molar-refractivity contribution in [2.45, 2.75) is 12.1 Å². The molecule has 1 aliphatic rings. The lowest BCUT2D eigenvalue weighted by atomic mass is 10.1. The number of nitrogens with two attached hydrogens (primary N) is 1. The van der Waals surface area contributed by atoms with Gasteiger partial charge in [-0.3, -0.25) is 0 Å². The lowest BCUT2D eigenvalue weighted by molar-refractivity contribution is 0.192. The highest BCUT2D eigenvalue weighted by atomic mass is 35.5. The summed E-state index contributed by atoms with van der Waals surface area (Å²) in [5.74, 6) is 0.185. The van der Waals surface area contributed by atoms with Gasteiger partial charge in [0.15, 0.2) is 0 Å².